The van der Waals surface area contributed by atoms with Gasteiger partial charge in [-0.3, -0.25) is 9.63 Å². The zero-order valence-corrected chi connectivity index (χ0v) is 18.0. The van der Waals surface area contributed by atoms with Crippen molar-refractivity contribution in [3.8, 4) is 5.75 Å². The molecule has 1 aromatic carbocycles. The Labute approximate surface area is 163 Å². The molecule has 5 nitrogen and oxygen atoms in total. The summed E-state index contributed by atoms with van der Waals surface area (Å²) in [5, 5.41) is 23.3. The molecule has 0 spiro atoms. The Morgan fingerprint density at radius 3 is 1.96 bits per heavy atom. The number of hydrogen-bond acceptors (Lipinski definition) is 4. The lowest BCUT2D eigenvalue weighted by molar-refractivity contribution is -0.222. The number of benzene rings is 1. The highest BCUT2D eigenvalue weighted by atomic mass is 16.7. The van der Waals surface area contributed by atoms with Crippen molar-refractivity contribution in [1.29, 1.82) is 0 Å². The van der Waals surface area contributed by atoms with Crippen molar-refractivity contribution in [3.05, 3.63) is 28.8 Å². The van der Waals surface area contributed by atoms with Gasteiger partial charge in [0.15, 0.2) is 0 Å². The molecule has 1 aliphatic rings. The number of aliphatic hydroxyl groups is 1. The van der Waals surface area contributed by atoms with Crippen molar-refractivity contribution in [3.63, 3.8) is 0 Å². The molecule has 27 heavy (non-hydrogen) atoms. The Bertz CT molecular complexity index is 662. The first-order chi connectivity index (χ1) is 12.2. The molecule has 2 atom stereocenters. The summed E-state index contributed by atoms with van der Waals surface area (Å²) in [6.07, 6.45) is -0.467. The molecule has 1 heterocycles. The minimum Gasteiger partial charge on any atom is -0.507 e. The van der Waals surface area contributed by atoms with Crippen molar-refractivity contribution in [2.45, 2.75) is 84.8 Å². The standard InChI is InChI=1S/C22H35NO4/c1-13(2)23-20(26)15(9-10-27-23)18(24)14-11-16(21(3,4)5)19(25)17(12-14)22(6,7)8/h11-13,15,18,24-25H,9-10H2,1-8H3. The monoisotopic (exact) mass is 377 g/mol. The molecule has 0 aliphatic carbocycles. The van der Waals surface area contributed by atoms with Gasteiger partial charge in [-0.1, -0.05) is 41.5 Å². The van der Waals surface area contributed by atoms with E-state index in [0.29, 0.717) is 18.6 Å². The summed E-state index contributed by atoms with van der Waals surface area (Å²) in [7, 11) is 0. The number of aromatic hydroxyl groups is 1. The van der Waals surface area contributed by atoms with Gasteiger partial charge in [0, 0.05) is 0 Å². The summed E-state index contributed by atoms with van der Waals surface area (Å²) in [4.78, 5) is 18.3. The Balaban J connectivity index is 2.52. The van der Waals surface area contributed by atoms with Crippen LogP contribution in [0, 0.1) is 5.92 Å². The van der Waals surface area contributed by atoms with E-state index >= 15 is 0 Å². The van der Waals surface area contributed by atoms with Crippen molar-refractivity contribution in [2.75, 3.05) is 6.61 Å². The van der Waals surface area contributed by atoms with Crippen LogP contribution in [0.1, 0.15) is 84.6 Å². The number of amides is 1. The summed E-state index contributed by atoms with van der Waals surface area (Å²) >= 11 is 0. The van der Waals surface area contributed by atoms with Crippen LogP contribution in [0.2, 0.25) is 0 Å². The lowest BCUT2D eigenvalue weighted by atomic mass is 9.77. The van der Waals surface area contributed by atoms with E-state index in [1.54, 1.807) is 0 Å². The predicted octanol–water partition coefficient (Wildman–Crippen LogP) is 4.21. The lowest BCUT2D eigenvalue weighted by Crippen LogP contribution is -2.47. The number of carbonyl (C=O) groups is 1. The molecule has 2 N–H and O–H groups in total. The van der Waals surface area contributed by atoms with Gasteiger partial charge in [0.05, 0.1) is 24.7 Å². The number of carbonyl (C=O) groups excluding carboxylic acids is 1. The molecule has 0 radical (unpaired) electrons. The zero-order chi connectivity index (χ0) is 20.7. The van der Waals surface area contributed by atoms with E-state index in [1.165, 1.54) is 5.06 Å². The minimum absolute atomic E-state index is 0.0809. The molecular weight excluding hydrogens is 342 g/mol. The highest BCUT2D eigenvalue weighted by Gasteiger charge is 2.38. The van der Waals surface area contributed by atoms with E-state index in [4.69, 9.17) is 4.84 Å². The topological polar surface area (TPSA) is 70.0 Å². The Kier molecular flexibility index (Phi) is 5.98. The van der Waals surface area contributed by atoms with E-state index in [2.05, 4.69) is 0 Å². The van der Waals surface area contributed by atoms with Crippen molar-refractivity contribution in [2.24, 2.45) is 5.92 Å². The first-order valence-electron chi connectivity index (χ1n) is 9.77. The van der Waals surface area contributed by atoms with Crippen molar-refractivity contribution >= 4 is 5.91 Å². The number of phenols is 1. The summed E-state index contributed by atoms with van der Waals surface area (Å²) in [6, 6.07) is 3.61. The van der Waals surface area contributed by atoms with Gasteiger partial charge in [0.1, 0.15) is 5.75 Å². The number of aliphatic hydroxyl groups excluding tert-OH is 1. The third kappa shape index (κ3) is 4.46. The summed E-state index contributed by atoms with van der Waals surface area (Å²) in [5.41, 5.74) is 1.66. The van der Waals surface area contributed by atoms with E-state index in [1.807, 2.05) is 67.5 Å². The van der Waals surface area contributed by atoms with Crippen LogP contribution in [0.5, 0.6) is 5.75 Å². The minimum atomic E-state index is -0.939. The third-order valence-electron chi connectivity index (χ3n) is 5.13. The van der Waals surface area contributed by atoms with Gasteiger partial charge in [-0.05, 0) is 59.9 Å². The average Bonchev–Trinajstić information content (AvgIpc) is 2.52. The Morgan fingerprint density at radius 1 is 1.07 bits per heavy atom. The molecule has 2 rings (SSSR count). The quantitative estimate of drug-likeness (QED) is 0.828. The maximum Gasteiger partial charge on any atom is 0.252 e. The number of phenolic OH excluding ortho intramolecular Hbond substituents is 1. The number of hydroxylamine groups is 2. The second-order valence-electron chi connectivity index (χ2n) is 9.90. The second kappa shape index (κ2) is 7.44. The van der Waals surface area contributed by atoms with Gasteiger partial charge in [-0.15, -0.1) is 0 Å². The molecule has 5 heteroatoms. The maximum absolute atomic E-state index is 12.8. The van der Waals surface area contributed by atoms with Crippen LogP contribution < -0.4 is 0 Å². The van der Waals surface area contributed by atoms with E-state index in [0.717, 1.165) is 11.1 Å². The Morgan fingerprint density at radius 2 is 1.56 bits per heavy atom. The van der Waals surface area contributed by atoms with Gasteiger partial charge < -0.3 is 10.2 Å². The fourth-order valence-corrected chi connectivity index (χ4v) is 3.53. The van der Waals surface area contributed by atoms with Crippen LogP contribution in [0.4, 0.5) is 0 Å². The van der Waals surface area contributed by atoms with E-state index in [9.17, 15) is 15.0 Å². The molecule has 0 saturated carbocycles. The molecule has 0 bridgehead atoms. The normalized spacial score (nSPS) is 20.3. The number of hydrogen-bond donors (Lipinski definition) is 2. The van der Waals surface area contributed by atoms with Gasteiger partial charge >= 0.3 is 0 Å². The van der Waals surface area contributed by atoms with Gasteiger partial charge in [-0.2, -0.15) is 0 Å². The van der Waals surface area contributed by atoms with Crippen LogP contribution in [0.3, 0.4) is 0 Å². The predicted molar refractivity (Wildman–Crippen MR) is 107 cm³/mol. The SMILES string of the molecule is CC(C)N1OCCC(C(O)c2cc(C(C)(C)C)c(O)c(C(C)(C)C)c2)C1=O. The largest absolute Gasteiger partial charge is 0.507 e. The van der Waals surface area contributed by atoms with Crippen LogP contribution in [-0.2, 0) is 20.5 Å². The fraction of sp³-hybridized carbons (Fsp3) is 0.682. The summed E-state index contributed by atoms with van der Waals surface area (Å²) < 4.78 is 0. The van der Waals surface area contributed by atoms with Gasteiger partial charge in [-0.25, -0.2) is 5.06 Å². The van der Waals surface area contributed by atoms with Crippen LogP contribution in [0.25, 0.3) is 0 Å². The summed E-state index contributed by atoms with van der Waals surface area (Å²) in [6.45, 7) is 16.4. The third-order valence-corrected chi connectivity index (χ3v) is 5.13. The molecule has 1 aromatic rings. The molecule has 0 aromatic heterocycles. The smallest absolute Gasteiger partial charge is 0.252 e. The molecule has 152 valence electrons. The zero-order valence-electron chi connectivity index (χ0n) is 18.0. The lowest BCUT2D eigenvalue weighted by Gasteiger charge is -2.36. The average molecular weight is 378 g/mol. The Hall–Kier alpha value is -1.59. The van der Waals surface area contributed by atoms with Crippen molar-refractivity contribution < 1.29 is 19.8 Å². The molecular formula is C22H35NO4. The molecule has 1 aliphatic heterocycles. The molecule has 1 amide bonds. The molecule has 1 fully saturated rings. The fourth-order valence-electron chi connectivity index (χ4n) is 3.53. The van der Waals surface area contributed by atoms with Crippen LogP contribution in [0.15, 0.2) is 12.1 Å². The first kappa shape index (κ1) is 21.7. The highest BCUT2D eigenvalue weighted by Crippen LogP contribution is 2.42. The van der Waals surface area contributed by atoms with Gasteiger partial charge in [0.2, 0.25) is 0 Å². The van der Waals surface area contributed by atoms with Crippen LogP contribution in [-0.4, -0.2) is 33.8 Å². The second-order valence-corrected chi connectivity index (χ2v) is 9.90. The van der Waals surface area contributed by atoms with Gasteiger partial charge in [0.25, 0.3) is 5.91 Å². The molecule has 2 unspecified atom stereocenters. The number of rotatable bonds is 3. The highest BCUT2D eigenvalue weighted by molar-refractivity contribution is 5.79. The first-order valence-corrected chi connectivity index (χ1v) is 9.77. The maximum atomic E-state index is 12.8. The van der Waals surface area contributed by atoms with Crippen molar-refractivity contribution in [1.82, 2.24) is 5.06 Å². The molecule has 1 saturated heterocycles. The van der Waals surface area contributed by atoms with E-state index < -0.39 is 12.0 Å². The van der Waals surface area contributed by atoms with E-state index in [-0.39, 0.29) is 28.5 Å². The number of nitrogens with zero attached hydrogens (tertiary/aromatic N) is 1. The summed E-state index contributed by atoms with van der Waals surface area (Å²) in [5.74, 6) is -0.467. The van der Waals surface area contributed by atoms with Crippen LogP contribution >= 0.6 is 0 Å².